The molecular formula is C55H76O15. The summed E-state index contributed by atoms with van der Waals surface area (Å²) in [5.74, 6) is 0.151. The first-order chi connectivity index (χ1) is 33.5. The summed E-state index contributed by atoms with van der Waals surface area (Å²) in [6.07, 6.45) is -0.954. The van der Waals surface area contributed by atoms with Gasteiger partial charge in [0.2, 0.25) is 0 Å². The number of ether oxygens (including phenoxy) is 9. The van der Waals surface area contributed by atoms with Crippen molar-refractivity contribution in [2.24, 2.45) is 40.4 Å². The van der Waals surface area contributed by atoms with Crippen LogP contribution in [0.15, 0.2) is 54.6 Å². The van der Waals surface area contributed by atoms with Gasteiger partial charge in [-0.05, 0) is 113 Å². The lowest BCUT2D eigenvalue weighted by atomic mass is 9.42. The van der Waals surface area contributed by atoms with Crippen LogP contribution in [0.3, 0.4) is 0 Å². The average molecular weight is 977 g/mol. The molecule has 0 aromatic heterocycles. The van der Waals surface area contributed by atoms with Crippen LogP contribution in [0, 0.1) is 40.4 Å². The Morgan fingerprint density at radius 1 is 0.671 bits per heavy atom. The van der Waals surface area contributed by atoms with Crippen molar-refractivity contribution < 1.29 is 73.0 Å². The molecule has 0 radical (unpaired) electrons. The number of aromatic hydroxyl groups is 1. The maximum Gasteiger partial charge on any atom is 0.306 e. The Bertz CT molecular complexity index is 2140. The van der Waals surface area contributed by atoms with Crippen molar-refractivity contribution in [2.75, 3.05) is 0 Å². The Labute approximate surface area is 411 Å². The Hall–Kier alpha value is -2.77. The second kappa shape index (κ2) is 19.2. The summed E-state index contributed by atoms with van der Waals surface area (Å²) in [6.45, 7) is 10.1. The van der Waals surface area contributed by atoms with Gasteiger partial charge in [-0.15, -0.1) is 0 Å². The van der Waals surface area contributed by atoms with E-state index < -0.39 is 85.0 Å². The summed E-state index contributed by atoms with van der Waals surface area (Å²) in [5, 5.41) is 58.8. The molecule has 386 valence electrons. The van der Waals surface area contributed by atoms with Crippen molar-refractivity contribution in [3.05, 3.63) is 65.7 Å². The van der Waals surface area contributed by atoms with Crippen molar-refractivity contribution in [3.8, 4) is 5.75 Å². The molecule has 0 amide bonds. The molecule has 4 saturated carbocycles. The fourth-order valence-corrected chi connectivity index (χ4v) is 15.8. The molecule has 15 nitrogen and oxygen atoms in total. The fourth-order valence-electron chi connectivity index (χ4n) is 15.8. The smallest absolute Gasteiger partial charge is 0.306 e. The number of carbonyl (C=O) groups is 1. The fraction of sp³-hybridized carbons (Fsp3) is 0.764. The Kier molecular flexibility index (Phi) is 13.5. The third-order valence-corrected chi connectivity index (χ3v) is 19.6. The van der Waals surface area contributed by atoms with E-state index in [4.69, 9.17) is 42.6 Å². The molecule has 9 aliphatic rings. The van der Waals surface area contributed by atoms with Gasteiger partial charge in [0, 0.05) is 42.6 Å². The minimum absolute atomic E-state index is 0.0263. The molecule has 5 N–H and O–H groups in total. The molecule has 24 atom stereocenters. The summed E-state index contributed by atoms with van der Waals surface area (Å²) < 4.78 is 56.7. The monoisotopic (exact) mass is 977 g/mol. The quantitative estimate of drug-likeness (QED) is 0.130. The largest absolute Gasteiger partial charge is 0.508 e. The number of hydrogen-bond donors (Lipinski definition) is 5. The maximum atomic E-state index is 13.0. The highest BCUT2D eigenvalue weighted by Gasteiger charge is 2.72. The lowest BCUT2D eigenvalue weighted by molar-refractivity contribution is -0.334. The van der Waals surface area contributed by atoms with Crippen LogP contribution in [-0.2, 0) is 53.8 Å². The van der Waals surface area contributed by atoms with E-state index in [2.05, 4.69) is 13.8 Å². The van der Waals surface area contributed by atoms with E-state index >= 15 is 0 Å². The standard InChI is InChI=1S/C55H76O15/c1-28-49(68-47-26-41(58)50(29(2)63-47)69-48-27-43-51(30(3)64-48)70-52(67-43)31-11-7-6-8-12-31)40(57)25-46(62-28)65-34-17-19-53(4)33(22-34)15-16-37-38(53)24-44(59)54(5)36(18-20-55(37,54)61)35-23-45(60)66-42(35)21-32-13-9-10-14-39(32)56/h6-14,28-30,33-38,40-44,46-52,56-59,61H,15-27H2,1-5H3/t28?,29?,30?,33-,34+,35?,36-,37-,38+,40-,41-,42?,43-,44-,46+,47-,48+,49?,50?,51?,52?,53+,54+,55+/m1/s1. The van der Waals surface area contributed by atoms with Crippen LogP contribution in [0.5, 0.6) is 5.75 Å². The van der Waals surface area contributed by atoms with Crippen molar-refractivity contribution in [1.82, 2.24) is 0 Å². The first-order valence-electron chi connectivity index (χ1n) is 26.5. The number of phenols is 1. The minimum atomic E-state index is -1.08. The number of hydrogen-bond acceptors (Lipinski definition) is 15. The number of benzene rings is 2. The predicted molar refractivity (Wildman–Crippen MR) is 250 cm³/mol. The SMILES string of the molecule is CC1O[C@@H](O[C@H]2CC[C@@]3(C)[C@H](CC[C@@H]4[C@@H]3C[C@@H](O)[C@]3(C)[C@@H](C5CC(=O)OC5Cc5ccccc5O)CC[C@]43O)C2)C[C@@H](O)C1O[C@@H]1C[C@@H](O)C(O[C@H]2C[C@H]3OC(c4ccccc4)OC3C(C)O2)C(C)O1. The molecule has 5 aliphatic heterocycles. The summed E-state index contributed by atoms with van der Waals surface area (Å²) in [7, 11) is 0. The molecule has 2 aromatic carbocycles. The molecule has 9 fully saturated rings. The van der Waals surface area contributed by atoms with E-state index in [0.717, 1.165) is 43.2 Å². The van der Waals surface area contributed by atoms with Crippen LogP contribution < -0.4 is 0 Å². The highest BCUT2D eigenvalue weighted by atomic mass is 16.8. The van der Waals surface area contributed by atoms with E-state index in [0.29, 0.717) is 38.0 Å². The van der Waals surface area contributed by atoms with Crippen molar-refractivity contribution in [3.63, 3.8) is 0 Å². The first kappa shape index (κ1) is 49.4. The van der Waals surface area contributed by atoms with Gasteiger partial charge < -0.3 is 68.2 Å². The molecule has 5 saturated heterocycles. The van der Waals surface area contributed by atoms with Crippen molar-refractivity contribution in [1.29, 1.82) is 0 Å². The molecule has 5 heterocycles. The first-order valence-corrected chi connectivity index (χ1v) is 26.5. The molecular weight excluding hydrogens is 901 g/mol. The topological polar surface area (TPSA) is 201 Å². The molecule has 0 spiro atoms. The van der Waals surface area contributed by atoms with Gasteiger partial charge >= 0.3 is 5.97 Å². The van der Waals surface area contributed by atoms with Gasteiger partial charge in [-0.25, -0.2) is 0 Å². The zero-order valence-electron chi connectivity index (χ0n) is 41.3. The lowest BCUT2D eigenvalue weighted by Crippen LogP contribution is -2.67. The van der Waals surface area contributed by atoms with Gasteiger partial charge in [-0.1, -0.05) is 62.4 Å². The third kappa shape index (κ3) is 8.66. The van der Waals surface area contributed by atoms with Gasteiger partial charge in [0.25, 0.3) is 0 Å². The van der Waals surface area contributed by atoms with Gasteiger partial charge in [0.15, 0.2) is 25.2 Å². The maximum absolute atomic E-state index is 13.0. The Balaban J connectivity index is 0.665. The van der Waals surface area contributed by atoms with Gasteiger partial charge in [-0.2, -0.15) is 0 Å². The van der Waals surface area contributed by atoms with Crippen molar-refractivity contribution >= 4 is 5.97 Å². The van der Waals surface area contributed by atoms with E-state index in [1.165, 1.54) is 0 Å². The van der Waals surface area contributed by atoms with Gasteiger partial charge in [0.05, 0.1) is 60.9 Å². The summed E-state index contributed by atoms with van der Waals surface area (Å²) in [4.78, 5) is 12.9. The molecule has 0 bridgehead atoms. The number of cyclic esters (lactones) is 1. The van der Waals surface area contributed by atoms with Crippen LogP contribution in [0.2, 0.25) is 0 Å². The van der Waals surface area contributed by atoms with E-state index in [1.807, 2.05) is 63.2 Å². The van der Waals surface area contributed by atoms with E-state index in [1.54, 1.807) is 12.1 Å². The average Bonchev–Trinajstić information content (AvgIpc) is 4.01. The Morgan fingerprint density at radius 2 is 1.33 bits per heavy atom. The van der Waals surface area contributed by atoms with Crippen LogP contribution in [0.1, 0.15) is 129 Å². The van der Waals surface area contributed by atoms with Crippen LogP contribution >= 0.6 is 0 Å². The highest BCUT2D eigenvalue weighted by Crippen LogP contribution is 2.70. The van der Waals surface area contributed by atoms with Crippen LogP contribution in [0.25, 0.3) is 0 Å². The summed E-state index contributed by atoms with van der Waals surface area (Å²) in [6, 6.07) is 17.0. The zero-order valence-corrected chi connectivity index (χ0v) is 41.3. The normalized spacial score (nSPS) is 50.1. The number of esters is 1. The zero-order chi connectivity index (χ0) is 48.9. The van der Waals surface area contributed by atoms with E-state index in [9.17, 15) is 30.3 Å². The summed E-state index contributed by atoms with van der Waals surface area (Å²) in [5.41, 5.74) is -0.296. The number of rotatable bonds is 10. The van der Waals surface area contributed by atoms with Crippen LogP contribution in [0.4, 0.5) is 0 Å². The third-order valence-electron chi connectivity index (χ3n) is 19.6. The number of aliphatic hydroxyl groups is 4. The molecule has 2 aromatic rings. The molecule has 9 unspecified atom stereocenters. The molecule has 11 rings (SSSR count). The molecule has 15 heteroatoms. The number of para-hydroxylation sites is 1. The second-order valence-electron chi connectivity index (χ2n) is 23.2. The number of aliphatic hydroxyl groups excluding tert-OH is 3. The van der Waals surface area contributed by atoms with Crippen molar-refractivity contribution in [2.45, 2.75) is 222 Å². The number of phenolic OH excluding ortho intramolecular Hbond substituents is 1. The lowest BCUT2D eigenvalue weighted by Gasteiger charge is -2.65. The van der Waals surface area contributed by atoms with Gasteiger partial charge in [0.1, 0.15) is 30.2 Å². The highest BCUT2D eigenvalue weighted by molar-refractivity contribution is 5.72. The number of fused-ring (bicyclic) bond motifs is 6. The van der Waals surface area contributed by atoms with E-state index in [-0.39, 0.29) is 84.5 Å². The molecule has 70 heavy (non-hydrogen) atoms. The summed E-state index contributed by atoms with van der Waals surface area (Å²) >= 11 is 0. The minimum Gasteiger partial charge on any atom is -0.508 e. The van der Waals surface area contributed by atoms with Gasteiger partial charge in [-0.3, -0.25) is 4.79 Å². The predicted octanol–water partition coefficient (Wildman–Crippen LogP) is 6.38. The number of carbonyl (C=O) groups excluding carboxylic acids is 1. The second-order valence-corrected chi connectivity index (χ2v) is 23.2. The van der Waals surface area contributed by atoms with Crippen LogP contribution in [-0.4, -0.2) is 129 Å². The Morgan fingerprint density at radius 3 is 2.03 bits per heavy atom. The molecule has 4 aliphatic carbocycles.